The van der Waals surface area contributed by atoms with Crippen molar-refractivity contribution < 1.29 is 16.8 Å². The van der Waals surface area contributed by atoms with E-state index in [2.05, 4.69) is 0 Å². The highest BCUT2D eigenvalue weighted by molar-refractivity contribution is 8.59. The first-order valence-electron chi connectivity index (χ1n) is 1.88. The standard InChI is InChI=1S/C2H6O4S2/c1-2-8(5,6)7(3)4/h7H,2H2,1H3. The van der Waals surface area contributed by atoms with Gasteiger partial charge in [0.15, 0.2) is 0 Å². The molecular formula is C2H6O4S2. The van der Waals surface area contributed by atoms with Crippen LogP contribution in [0.5, 0.6) is 0 Å². The first-order chi connectivity index (χ1) is 3.50. The Labute approximate surface area is 48.8 Å². The minimum atomic E-state index is -3.78. The summed E-state index contributed by atoms with van der Waals surface area (Å²) < 4.78 is 39.6. The van der Waals surface area contributed by atoms with Crippen LogP contribution in [0.1, 0.15) is 6.92 Å². The summed E-state index contributed by atoms with van der Waals surface area (Å²) in [5.41, 5.74) is 0. The molecule has 8 heavy (non-hydrogen) atoms. The van der Waals surface area contributed by atoms with Crippen molar-refractivity contribution in [3.8, 4) is 0 Å². The van der Waals surface area contributed by atoms with Crippen molar-refractivity contribution >= 4 is 18.6 Å². The van der Waals surface area contributed by atoms with Gasteiger partial charge in [-0.15, -0.1) is 0 Å². The minimum absolute atomic E-state index is 0.342. The van der Waals surface area contributed by atoms with E-state index in [1.807, 2.05) is 0 Å². The predicted molar refractivity (Wildman–Crippen MR) is 29.8 cm³/mol. The average molecular weight is 158 g/mol. The maximum atomic E-state index is 10.1. The Morgan fingerprint density at radius 2 is 1.75 bits per heavy atom. The number of hydrogen-bond donors (Lipinski definition) is 1. The Balaban J connectivity index is 4.69. The predicted octanol–water partition coefficient (Wildman–Crippen LogP) is -1.05. The summed E-state index contributed by atoms with van der Waals surface area (Å²) in [5.74, 6) is -0.342. The van der Waals surface area contributed by atoms with Crippen molar-refractivity contribution in [3.05, 3.63) is 0 Å². The van der Waals surface area contributed by atoms with Crippen molar-refractivity contribution in [2.24, 2.45) is 0 Å². The fourth-order valence-corrected chi connectivity index (χ4v) is 0.949. The van der Waals surface area contributed by atoms with Gasteiger partial charge in [-0.05, 0) is 0 Å². The quantitative estimate of drug-likeness (QED) is 0.411. The van der Waals surface area contributed by atoms with Gasteiger partial charge in [-0.1, -0.05) is 6.92 Å². The van der Waals surface area contributed by atoms with Gasteiger partial charge < -0.3 is 0 Å². The van der Waals surface area contributed by atoms with Crippen LogP contribution in [0.15, 0.2) is 0 Å². The van der Waals surface area contributed by atoms with Gasteiger partial charge in [-0.25, -0.2) is 16.8 Å². The molecule has 0 amide bonds. The molecule has 0 aromatic carbocycles. The maximum Gasteiger partial charge on any atom is 0.250 e. The first-order valence-corrected chi connectivity index (χ1v) is 5.31. The van der Waals surface area contributed by atoms with E-state index in [9.17, 15) is 16.8 Å². The number of hydrogen-bond acceptors (Lipinski definition) is 4. The summed E-state index contributed by atoms with van der Waals surface area (Å²) in [6.45, 7) is 1.28. The van der Waals surface area contributed by atoms with Crippen LogP contribution in [0, 0.1) is 0 Å². The second-order valence-corrected chi connectivity index (χ2v) is 5.85. The fraction of sp³-hybridized carbons (Fsp3) is 1.00. The van der Waals surface area contributed by atoms with Crippen molar-refractivity contribution in [1.29, 1.82) is 0 Å². The largest absolute Gasteiger partial charge is 0.250 e. The Morgan fingerprint density at radius 3 is 1.75 bits per heavy atom. The first kappa shape index (κ1) is 7.90. The van der Waals surface area contributed by atoms with E-state index in [1.54, 1.807) is 0 Å². The summed E-state index contributed by atoms with van der Waals surface area (Å²) >= 11 is 0. The van der Waals surface area contributed by atoms with Crippen LogP contribution in [-0.2, 0) is 18.6 Å². The third-order valence-electron chi connectivity index (χ3n) is 0.592. The summed E-state index contributed by atoms with van der Waals surface area (Å²) in [7, 11) is -7.05. The lowest BCUT2D eigenvalue weighted by atomic mass is 11.0. The van der Waals surface area contributed by atoms with Gasteiger partial charge in [-0.3, -0.25) is 0 Å². The second kappa shape index (κ2) is 2.45. The molecule has 0 saturated carbocycles. The lowest BCUT2D eigenvalue weighted by Gasteiger charge is -1.82. The third kappa shape index (κ3) is 1.79. The molecule has 0 atom stereocenters. The summed E-state index contributed by atoms with van der Waals surface area (Å²) in [6, 6.07) is 0. The molecule has 0 spiro atoms. The molecule has 0 aliphatic carbocycles. The lowest BCUT2D eigenvalue weighted by Crippen LogP contribution is -2.02. The summed E-state index contributed by atoms with van der Waals surface area (Å²) in [5, 5.41) is 0. The molecule has 0 N–H and O–H groups in total. The zero-order valence-corrected chi connectivity index (χ0v) is 5.91. The van der Waals surface area contributed by atoms with Gasteiger partial charge in [0.2, 0.25) is 9.74 Å². The highest BCUT2D eigenvalue weighted by Crippen LogP contribution is 1.85. The molecule has 0 heterocycles. The minimum Gasteiger partial charge on any atom is -0.216 e. The molecule has 0 rings (SSSR count). The number of rotatable bonds is 2. The van der Waals surface area contributed by atoms with E-state index in [0.29, 0.717) is 0 Å². The molecule has 0 aliphatic rings. The molecule has 0 saturated heterocycles. The molecular weight excluding hydrogens is 152 g/mol. The normalized spacial score (nSPS) is 12.2. The summed E-state index contributed by atoms with van der Waals surface area (Å²) in [4.78, 5) is 0. The van der Waals surface area contributed by atoms with Crippen LogP contribution in [0.25, 0.3) is 0 Å². The Morgan fingerprint density at radius 1 is 1.38 bits per heavy atom. The topological polar surface area (TPSA) is 68.3 Å². The van der Waals surface area contributed by atoms with Gasteiger partial charge in [0.1, 0.15) is 0 Å². The van der Waals surface area contributed by atoms with Gasteiger partial charge in [0.25, 0.3) is 8.87 Å². The van der Waals surface area contributed by atoms with Gasteiger partial charge in [0.05, 0.1) is 5.75 Å². The van der Waals surface area contributed by atoms with E-state index < -0.39 is 18.6 Å². The Hall–Kier alpha value is -0.100. The fourth-order valence-electron chi connectivity index (χ4n) is 0.105. The van der Waals surface area contributed by atoms with Crippen LogP contribution in [-0.4, -0.2) is 22.6 Å². The molecule has 0 bridgehead atoms. The van der Waals surface area contributed by atoms with Crippen molar-refractivity contribution in [2.75, 3.05) is 5.75 Å². The molecule has 50 valence electrons. The van der Waals surface area contributed by atoms with Crippen LogP contribution in [0.4, 0.5) is 0 Å². The highest BCUT2D eigenvalue weighted by atomic mass is 33.1. The lowest BCUT2D eigenvalue weighted by molar-refractivity contribution is 0.593. The molecule has 6 heteroatoms. The number of thiol groups is 1. The van der Waals surface area contributed by atoms with Crippen LogP contribution < -0.4 is 0 Å². The highest BCUT2D eigenvalue weighted by Gasteiger charge is 2.07. The second-order valence-electron chi connectivity index (χ2n) is 1.09. The Kier molecular flexibility index (Phi) is 2.42. The van der Waals surface area contributed by atoms with Crippen molar-refractivity contribution in [3.63, 3.8) is 0 Å². The molecule has 4 nitrogen and oxygen atoms in total. The maximum absolute atomic E-state index is 10.1. The molecule has 0 aliphatic heterocycles. The molecule has 0 aromatic rings. The average Bonchev–Trinajstić information content (AvgIpc) is 1.67. The van der Waals surface area contributed by atoms with Crippen LogP contribution in [0.3, 0.4) is 0 Å². The van der Waals surface area contributed by atoms with Gasteiger partial charge in [-0.2, -0.15) is 0 Å². The van der Waals surface area contributed by atoms with Crippen molar-refractivity contribution in [1.82, 2.24) is 0 Å². The van der Waals surface area contributed by atoms with E-state index >= 15 is 0 Å². The van der Waals surface area contributed by atoms with E-state index in [0.717, 1.165) is 0 Å². The smallest absolute Gasteiger partial charge is 0.216 e. The monoisotopic (exact) mass is 158 g/mol. The third-order valence-corrected chi connectivity index (χ3v) is 3.91. The summed E-state index contributed by atoms with van der Waals surface area (Å²) in [6.07, 6.45) is 0. The van der Waals surface area contributed by atoms with Gasteiger partial charge in [0, 0.05) is 0 Å². The van der Waals surface area contributed by atoms with Crippen LogP contribution in [0.2, 0.25) is 0 Å². The van der Waals surface area contributed by atoms with Crippen molar-refractivity contribution in [2.45, 2.75) is 6.92 Å². The van der Waals surface area contributed by atoms with Gasteiger partial charge >= 0.3 is 0 Å². The Bertz CT molecular complexity index is 212. The van der Waals surface area contributed by atoms with Crippen LogP contribution >= 0.6 is 0 Å². The molecule has 0 aromatic heterocycles. The molecule has 0 unspecified atom stereocenters. The van der Waals surface area contributed by atoms with E-state index in [4.69, 9.17) is 0 Å². The zero-order chi connectivity index (χ0) is 6.78. The zero-order valence-electron chi connectivity index (χ0n) is 4.20. The molecule has 0 fully saturated rings. The molecule has 0 radical (unpaired) electrons. The van der Waals surface area contributed by atoms with E-state index in [-0.39, 0.29) is 5.75 Å². The van der Waals surface area contributed by atoms with E-state index in [1.165, 1.54) is 6.92 Å². The SMILES string of the molecule is CCS(=O)(=O)[SH](=O)=O.